The Balaban J connectivity index is 1.77. The Morgan fingerprint density at radius 3 is 3.04 bits per heavy atom. The maximum absolute atomic E-state index is 12.9. The summed E-state index contributed by atoms with van der Waals surface area (Å²) in [6.07, 6.45) is 7.60. The van der Waals surface area contributed by atoms with Gasteiger partial charge in [-0.3, -0.25) is 19.6 Å². The molecule has 0 aliphatic carbocycles. The molecule has 3 heterocycles. The zero-order valence-corrected chi connectivity index (χ0v) is 15.2. The number of rotatable bonds is 6. The summed E-state index contributed by atoms with van der Waals surface area (Å²) in [4.78, 5) is 21.9. The third kappa shape index (κ3) is 3.93. The van der Waals surface area contributed by atoms with Gasteiger partial charge in [-0.15, -0.1) is 6.58 Å². The topological polar surface area (TPSA) is 45.7 Å². The summed E-state index contributed by atoms with van der Waals surface area (Å²) in [6, 6.07) is 4.10. The molecule has 0 aromatic carbocycles. The summed E-state index contributed by atoms with van der Waals surface area (Å²) in [5.41, 5.74) is 0.870. The Hall–Kier alpha value is -1.72. The average molecular weight is 343 g/mol. The highest BCUT2D eigenvalue weighted by atomic mass is 16.5. The van der Waals surface area contributed by atoms with Crippen LogP contribution in [0.4, 0.5) is 0 Å². The lowest BCUT2D eigenvalue weighted by Crippen LogP contribution is -2.42. The Morgan fingerprint density at radius 2 is 2.32 bits per heavy atom. The number of esters is 1. The van der Waals surface area contributed by atoms with Gasteiger partial charge < -0.3 is 4.74 Å². The molecule has 25 heavy (non-hydrogen) atoms. The second-order valence-electron chi connectivity index (χ2n) is 7.26. The second-order valence-corrected chi connectivity index (χ2v) is 7.26. The zero-order chi connectivity index (χ0) is 17.7. The van der Waals surface area contributed by atoms with Gasteiger partial charge in [-0.2, -0.15) is 0 Å². The summed E-state index contributed by atoms with van der Waals surface area (Å²) >= 11 is 0. The molecule has 5 heteroatoms. The van der Waals surface area contributed by atoms with E-state index in [9.17, 15) is 4.79 Å². The van der Waals surface area contributed by atoms with Crippen LogP contribution >= 0.6 is 0 Å². The number of carbonyl (C=O) groups excluding carboxylic acids is 1. The van der Waals surface area contributed by atoms with E-state index in [1.807, 2.05) is 31.5 Å². The minimum absolute atomic E-state index is 0.00482. The Labute approximate surface area is 150 Å². The van der Waals surface area contributed by atoms with Crippen LogP contribution in [0.25, 0.3) is 0 Å². The lowest BCUT2D eigenvalue weighted by Gasteiger charge is -2.31. The van der Waals surface area contributed by atoms with E-state index in [1.165, 1.54) is 5.56 Å². The van der Waals surface area contributed by atoms with Crippen molar-refractivity contribution >= 4 is 5.97 Å². The van der Waals surface area contributed by atoms with E-state index in [2.05, 4.69) is 27.4 Å². The van der Waals surface area contributed by atoms with Crippen LogP contribution in [-0.2, 0) is 16.1 Å². The van der Waals surface area contributed by atoms with Gasteiger partial charge in [0.15, 0.2) is 0 Å². The predicted molar refractivity (Wildman–Crippen MR) is 97.9 cm³/mol. The molecule has 1 aromatic rings. The van der Waals surface area contributed by atoms with Gasteiger partial charge in [0.05, 0.1) is 12.0 Å². The van der Waals surface area contributed by atoms with Gasteiger partial charge >= 0.3 is 5.97 Å². The third-order valence-corrected chi connectivity index (χ3v) is 5.54. The number of nitrogens with zero attached hydrogens (tertiary/aromatic N) is 3. The maximum Gasteiger partial charge on any atom is 0.313 e. The fourth-order valence-corrected chi connectivity index (χ4v) is 4.44. The van der Waals surface area contributed by atoms with Crippen LogP contribution in [0.2, 0.25) is 0 Å². The van der Waals surface area contributed by atoms with Crippen molar-refractivity contribution in [1.82, 2.24) is 14.8 Å². The first-order valence-corrected chi connectivity index (χ1v) is 9.29. The number of likely N-dealkylation sites (tertiary alicyclic amines) is 2. The van der Waals surface area contributed by atoms with Gasteiger partial charge in [-0.25, -0.2) is 0 Å². The summed E-state index contributed by atoms with van der Waals surface area (Å²) < 4.78 is 5.50. The van der Waals surface area contributed by atoms with Gasteiger partial charge in [-0.05, 0) is 37.9 Å². The van der Waals surface area contributed by atoms with Gasteiger partial charge in [0.25, 0.3) is 0 Å². The van der Waals surface area contributed by atoms with E-state index in [1.54, 1.807) is 0 Å². The Morgan fingerprint density at radius 1 is 1.48 bits per heavy atom. The van der Waals surface area contributed by atoms with Crippen LogP contribution in [0, 0.1) is 11.3 Å². The van der Waals surface area contributed by atoms with Crippen molar-refractivity contribution in [1.29, 1.82) is 0 Å². The maximum atomic E-state index is 12.9. The van der Waals surface area contributed by atoms with Gasteiger partial charge in [0.2, 0.25) is 0 Å². The fourth-order valence-electron chi connectivity index (χ4n) is 4.44. The first kappa shape index (κ1) is 18.1. The molecule has 0 radical (unpaired) electrons. The van der Waals surface area contributed by atoms with Crippen LogP contribution in [0.5, 0.6) is 0 Å². The molecule has 0 N–H and O–H groups in total. The SMILES string of the molecule is C=CCN1C[C@H]2CN(Cc3cccnc3)CCC[C@@]2(C(=O)OCC)C1. The van der Waals surface area contributed by atoms with Crippen LogP contribution in [-0.4, -0.2) is 60.1 Å². The lowest BCUT2D eigenvalue weighted by atomic mass is 9.75. The smallest absolute Gasteiger partial charge is 0.313 e. The highest BCUT2D eigenvalue weighted by molar-refractivity contribution is 5.78. The molecular weight excluding hydrogens is 314 g/mol. The molecule has 0 bridgehead atoms. The third-order valence-electron chi connectivity index (χ3n) is 5.54. The number of hydrogen-bond donors (Lipinski definition) is 0. The van der Waals surface area contributed by atoms with Crippen LogP contribution in [0.3, 0.4) is 0 Å². The molecule has 0 spiro atoms. The van der Waals surface area contributed by atoms with E-state index in [4.69, 9.17) is 4.74 Å². The Bertz CT molecular complexity index is 592. The van der Waals surface area contributed by atoms with Gasteiger partial charge in [0.1, 0.15) is 0 Å². The summed E-state index contributed by atoms with van der Waals surface area (Å²) in [7, 11) is 0. The van der Waals surface area contributed by atoms with Crippen molar-refractivity contribution in [3.8, 4) is 0 Å². The van der Waals surface area contributed by atoms with Crippen LogP contribution in [0.1, 0.15) is 25.3 Å². The van der Waals surface area contributed by atoms with Crippen molar-refractivity contribution < 1.29 is 9.53 Å². The molecule has 0 saturated carbocycles. The van der Waals surface area contributed by atoms with E-state index in [-0.39, 0.29) is 11.4 Å². The largest absolute Gasteiger partial charge is 0.466 e. The molecule has 2 atom stereocenters. The molecule has 0 unspecified atom stereocenters. The number of hydrogen-bond acceptors (Lipinski definition) is 5. The normalized spacial score (nSPS) is 27.5. The summed E-state index contributed by atoms with van der Waals surface area (Å²) in [6.45, 7) is 11.6. The highest BCUT2D eigenvalue weighted by Gasteiger charge is 2.53. The van der Waals surface area contributed by atoms with E-state index in [0.717, 1.165) is 52.1 Å². The number of aromatic nitrogens is 1. The molecule has 0 amide bonds. The quantitative estimate of drug-likeness (QED) is 0.586. The number of fused-ring (bicyclic) bond motifs is 1. The predicted octanol–water partition coefficient (Wildman–Crippen LogP) is 2.34. The van der Waals surface area contributed by atoms with Crippen molar-refractivity contribution in [2.45, 2.75) is 26.3 Å². The summed E-state index contributed by atoms with van der Waals surface area (Å²) in [5, 5.41) is 0. The van der Waals surface area contributed by atoms with Crippen molar-refractivity contribution in [2.24, 2.45) is 11.3 Å². The Kier molecular flexibility index (Phi) is 5.86. The second kappa shape index (κ2) is 8.11. The van der Waals surface area contributed by atoms with Crippen molar-refractivity contribution in [3.63, 3.8) is 0 Å². The average Bonchev–Trinajstić information content (AvgIpc) is 2.85. The molecule has 2 saturated heterocycles. The first-order valence-electron chi connectivity index (χ1n) is 9.29. The molecule has 2 aliphatic heterocycles. The molecular formula is C20H29N3O2. The molecule has 136 valence electrons. The van der Waals surface area contributed by atoms with Crippen LogP contribution < -0.4 is 0 Å². The number of carbonyl (C=O) groups is 1. The molecule has 2 aliphatic rings. The molecule has 3 rings (SSSR count). The minimum atomic E-state index is -0.358. The van der Waals surface area contributed by atoms with Crippen LogP contribution in [0.15, 0.2) is 37.2 Å². The first-order chi connectivity index (χ1) is 12.2. The molecule has 2 fully saturated rings. The minimum Gasteiger partial charge on any atom is -0.466 e. The lowest BCUT2D eigenvalue weighted by molar-refractivity contribution is -0.157. The fraction of sp³-hybridized carbons (Fsp3) is 0.600. The summed E-state index contributed by atoms with van der Waals surface area (Å²) in [5.74, 6) is 0.306. The highest BCUT2D eigenvalue weighted by Crippen LogP contribution is 2.43. The number of ether oxygens (including phenoxy) is 1. The van der Waals surface area contributed by atoms with E-state index >= 15 is 0 Å². The number of pyridine rings is 1. The molecule has 1 aromatic heterocycles. The van der Waals surface area contributed by atoms with Gasteiger partial charge in [-0.1, -0.05) is 12.1 Å². The van der Waals surface area contributed by atoms with Crippen molar-refractivity contribution in [3.05, 3.63) is 42.7 Å². The standard InChI is InChI=1S/C20H29N3O2/c1-3-10-23-15-18-14-22(13-17-7-5-9-21-12-17)11-6-8-20(18,16-23)19(24)25-4-2/h3,5,7,9,12,18H,1,4,6,8,10-11,13-16H2,2H3/t18-,20-/m1/s1. The molecule has 5 nitrogen and oxygen atoms in total. The van der Waals surface area contributed by atoms with E-state index in [0.29, 0.717) is 12.5 Å². The van der Waals surface area contributed by atoms with E-state index < -0.39 is 0 Å². The van der Waals surface area contributed by atoms with Gasteiger partial charge in [0, 0.05) is 51.0 Å². The zero-order valence-electron chi connectivity index (χ0n) is 15.2. The monoisotopic (exact) mass is 343 g/mol. The van der Waals surface area contributed by atoms with Crippen molar-refractivity contribution in [2.75, 3.05) is 39.3 Å².